The maximum absolute atomic E-state index is 12.1. The van der Waals surface area contributed by atoms with Crippen molar-refractivity contribution in [3.8, 4) is 5.75 Å². The Morgan fingerprint density at radius 1 is 1.06 bits per heavy atom. The Labute approximate surface area is 213 Å². The highest BCUT2D eigenvalue weighted by Gasteiger charge is 2.38. The standard InChI is InChI=1S/C19H20BrN5O3S.C2HF3O2/c1-12-6-13(20)8-14(7-12)24-18-10-19(23-11-22-18)25-16-9-15(29(26,27)21-2)4-5-17(16)28-3;3-2(4,5)1(6)7/h4-11,21H,1-3H3,(H2,22,23,24,25);(H,6,7). The van der Waals surface area contributed by atoms with E-state index in [-0.39, 0.29) is 4.90 Å². The Kier molecular flexibility index (Phi) is 9.61. The van der Waals surface area contributed by atoms with Crippen molar-refractivity contribution >= 4 is 54.9 Å². The molecule has 4 N–H and O–H groups in total. The molecule has 0 unspecified atom stereocenters. The third kappa shape index (κ3) is 8.35. The summed E-state index contributed by atoms with van der Waals surface area (Å²) in [5.74, 6) is -1.22. The summed E-state index contributed by atoms with van der Waals surface area (Å²) < 4.78 is 64.5. The molecule has 0 saturated heterocycles. The van der Waals surface area contributed by atoms with Crippen LogP contribution in [-0.4, -0.2) is 49.8 Å². The van der Waals surface area contributed by atoms with Crippen LogP contribution in [0.3, 0.4) is 0 Å². The molecule has 0 aliphatic rings. The Morgan fingerprint density at radius 3 is 2.19 bits per heavy atom. The number of rotatable bonds is 7. The van der Waals surface area contributed by atoms with E-state index in [0.29, 0.717) is 23.1 Å². The van der Waals surface area contributed by atoms with Gasteiger partial charge in [0.25, 0.3) is 0 Å². The largest absolute Gasteiger partial charge is 0.495 e. The van der Waals surface area contributed by atoms with E-state index in [0.717, 1.165) is 15.7 Å². The van der Waals surface area contributed by atoms with Crippen molar-refractivity contribution < 1.29 is 36.2 Å². The number of nitrogens with one attached hydrogen (secondary N) is 3. The van der Waals surface area contributed by atoms with E-state index in [1.807, 2.05) is 25.1 Å². The average Bonchev–Trinajstić information content (AvgIpc) is 2.78. The molecule has 3 aromatic rings. The number of carboxylic acids is 1. The Hall–Kier alpha value is -3.43. The van der Waals surface area contributed by atoms with Crippen molar-refractivity contribution in [2.45, 2.75) is 18.0 Å². The molecule has 0 spiro atoms. The van der Waals surface area contributed by atoms with E-state index in [1.54, 1.807) is 12.1 Å². The Balaban J connectivity index is 0.000000572. The third-order valence-corrected chi connectivity index (χ3v) is 6.11. The smallest absolute Gasteiger partial charge is 0.490 e. The molecule has 0 aliphatic carbocycles. The molecular formula is C21H21BrF3N5O5S. The van der Waals surface area contributed by atoms with Gasteiger partial charge in [-0.1, -0.05) is 15.9 Å². The van der Waals surface area contributed by atoms with Crippen LogP contribution >= 0.6 is 15.9 Å². The number of carboxylic acid groups (broad SMARTS) is 1. The van der Waals surface area contributed by atoms with Crippen LogP contribution in [0.1, 0.15) is 5.56 Å². The number of benzene rings is 2. The van der Waals surface area contributed by atoms with E-state index in [4.69, 9.17) is 14.6 Å². The van der Waals surface area contributed by atoms with E-state index in [9.17, 15) is 21.6 Å². The first kappa shape index (κ1) is 28.8. The highest BCUT2D eigenvalue weighted by atomic mass is 79.9. The molecule has 1 heterocycles. The zero-order chi connectivity index (χ0) is 27.1. The molecule has 0 bridgehead atoms. The van der Waals surface area contributed by atoms with Crippen LogP contribution in [0.4, 0.5) is 36.2 Å². The fraction of sp³-hybridized carbons (Fsp3) is 0.190. The number of alkyl halides is 3. The van der Waals surface area contributed by atoms with Crippen LogP contribution in [0.15, 0.2) is 58.2 Å². The fourth-order valence-corrected chi connectivity index (χ4v) is 4.02. The lowest BCUT2D eigenvalue weighted by Gasteiger charge is -2.13. The fourth-order valence-electron chi connectivity index (χ4n) is 2.66. The number of aryl methyl sites for hydroxylation is 1. The molecule has 3 rings (SSSR count). The molecule has 0 amide bonds. The number of ether oxygens (including phenoxy) is 1. The minimum Gasteiger partial charge on any atom is -0.495 e. The highest BCUT2D eigenvalue weighted by Crippen LogP contribution is 2.30. The van der Waals surface area contributed by atoms with Crippen LogP contribution in [-0.2, 0) is 14.8 Å². The molecule has 1 aromatic heterocycles. The van der Waals surface area contributed by atoms with E-state index in [1.165, 1.54) is 32.6 Å². The molecular weight excluding hydrogens is 571 g/mol. The van der Waals surface area contributed by atoms with Gasteiger partial charge in [0.15, 0.2) is 0 Å². The van der Waals surface area contributed by atoms with Gasteiger partial charge in [-0.25, -0.2) is 27.9 Å². The van der Waals surface area contributed by atoms with E-state index >= 15 is 0 Å². The van der Waals surface area contributed by atoms with Gasteiger partial charge >= 0.3 is 12.1 Å². The van der Waals surface area contributed by atoms with Gasteiger partial charge in [-0.05, 0) is 55.9 Å². The highest BCUT2D eigenvalue weighted by molar-refractivity contribution is 9.10. The number of hydrogen-bond donors (Lipinski definition) is 4. The van der Waals surface area contributed by atoms with Crippen LogP contribution in [0.2, 0.25) is 0 Å². The molecule has 0 radical (unpaired) electrons. The summed E-state index contributed by atoms with van der Waals surface area (Å²) in [6, 6.07) is 12.2. The topological polar surface area (TPSA) is 143 Å². The number of sulfonamides is 1. The van der Waals surface area contributed by atoms with Gasteiger partial charge < -0.3 is 20.5 Å². The SMILES string of the molecule is CNS(=O)(=O)c1ccc(OC)c(Nc2cc(Nc3cc(C)cc(Br)c3)ncn2)c1.O=C(O)C(F)(F)F. The normalized spacial score (nSPS) is 11.2. The van der Waals surface area contributed by atoms with Crippen molar-refractivity contribution in [3.05, 3.63) is 58.8 Å². The van der Waals surface area contributed by atoms with Gasteiger partial charge in [0.1, 0.15) is 23.7 Å². The average molecular weight is 592 g/mol. The van der Waals surface area contributed by atoms with Gasteiger partial charge in [-0.3, -0.25) is 0 Å². The molecule has 0 fully saturated rings. The van der Waals surface area contributed by atoms with Crippen LogP contribution < -0.4 is 20.1 Å². The van der Waals surface area contributed by atoms with Crippen molar-refractivity contribution in [2.75, 3.05) is 24.8 Å². The third-order valence-electron chi connectivity index (χ3n) is 4.24. The van der Waals surface area contributed by atoms with Crippen molar-refractivity contribution in [3.63, 3.8) is 0 Å². The summed E-state index contributed by atoms with van der Waals surface area (Å²) >= 11 is 3.48. The van der Waals surface area contributed by atoms with Gasteiger partial charge in [-0.15, -0.1) is 0 Å². The summed E-state index contributed by atoms with van der Waals surface area (Å²) in [6.45, 7) is 2.00. The van der Waals surface area contributed by atoms with Gasteiger partial charge in [0.05, 0.1) is 17.7 Å². The molecule has 194 valence electrons. The zero-order valence-electron chi connectivity index (χ0n) is 19.0. The molecule has 10 nitrogen and oxygen atoms in total. The number of halogens is 4. The lowest BCUT2D eigenvalue weighted by atomic mass is 10.2. The number of methoxy groups -OCH3 is 1. The number of anilines is 4. The monoisotopic (exact) mass is 591 g/mol. The molecule has 15 heteroatoms. The van der Waals surface area contributed by atoms with Crippen LogP contribution in [0, 0.1) is 6.92 Å². The maximum atomic E-state index is 12.1. The van der Waals surface area contributed by atoms with Gasteiger partial charge in [0.2, 0.25) is 10.0 Å². The summed E-state index contributed by atoms with van der Waals surface area (Å²) in [4.78, 5) is 17.4. The Bertz CT molecular complexity index is 1320. The minimum absolute atomic E-state index is 0.111. The quantitative estimate of drug-likeness (QED) is 0.310. The minimum atomic E-state index is -5.08. The second-order valence-corrected chi connectivity index (χ2v) is 9.73. The zero-order valence-corrected chi connectivity index (χ0v) is 21.4. The summed E-state index contributed by atoms with van der Waals surface area (Å²) in [5.41, 5.74) is 2.44. The van der Waals surface area contributed by atoms with Crippen molar-refractivity contribution in [1.82, 2.24) is 14.7 Å². The van der Waals surface area contributed by atoms with Crippen LogP contribution in [0.25, 0.3) is 0 Å². The molecule has 36 heavy (non-hydrogen) atoms. The van der Waals surface area contributed by atoms with Crippen molar-refractivity contribution in [1.29, 1.82) is 0 Å². The number of nitrogens with zero attached hydrogens (tertiary/aromatic N) is 2. The predicted molar refractivity (Wildman–Crippen MR) is 130 cm³/mol. The first-order chi connectivity index (χ1) is 16.7. The summed E-state index contributed by atoms with van der Waals surface area (Å²) in [6.07, 6.45) is -3.67. The predicted octanol–water partition coefficient (Wildman–Crippen LogP) is 4.58. The first-order valence-corrected chi connectivity index (χ1v) is 12.1. The number of aromatic nitrogens is 2. The summed E-state index contributed by atoms with van der Waals surface area (Å²) in [5, 5.41) is 13.4. The van der Waals surface area contributed by atoms with E-state index in [2.05, 4.69) is 41.3 Å². The second kappa shape index (κ2) is 12.0. The van der Waals surface area contributed by atoms with Crippen molar-refractivity contribution in [2.24, 2.45) is 0 Å². The van der Waals surface area contributed by atoms with Gasteiger partial charge in [-0.2, -0.15) is 13.2 Å². The maximum Gasteiger partial charge on any atom is 0.490 e. The molecule has 0 aliphatic heterocycles. The van der Waals surface area contributed by atoms with E-state index < -0.39 is 22.2 Å². The second-order valence-electron chi connectivity index (χ2n) is 6.93. The number of aliphatic carboxylic acids is 1. The number of hydrogen-bond acceptors (Lipinski definition) is 8. The lowest BCUT2D eigenvalue weighted by Crippen LogP contribution is -2.21. The number of carbonyl (C=O) groups is 1. The molecule has 0 atom stereocenters. The molecule has 2 aromatic carbocycles. The van der Waals surface area contributed by atoms with Crippen LogP contribution in [0.5, 0.6) is 5.75 Å². The summed E-state index contributed by atoms with van der Waals surface area (Å²) in [7, 11) is -0.721. The first-order valence-electron chi connectivity index (χ1n) is 9.80. The Morgan fingerprint density at radius 2 is 1.67 bits per heavy atom. The van der Waals surface area contributed by atoms with Gasteiger partial charge in [0, 0.05) is 16.2 Å². The lowest BCUT2D eigenvalue weighted by molar-refractivity contribution is -0.192. The molecule has 0 saturated carbocycles.